The largest absolute Gasteiger partial charge is 0.0925 e. The zero-order valence-electron chi connectivity index (χ0n) is 8.18. The third-order valence-electron chi connectivity index (χ3n) is 2.10. The molecule has 0 amide bonds. The molecule has 1 rings (SSSR count). The van der Waals surface area contributed by atoms with Crippen LogP contribution in [-0.2, 0) is 0 Å². The van der Waals surface area contributed by atoms with Gasteiger partial charge in [-0.05, 0) is 37.0 Å². The summed E-state index contributed by atoms with van der Waals surface area (Å²) in [5.74, 6) is 0. The number of halogens is 1. The number of hydrogen-bond donors (Lipinski definition) is 0. The lowest BCUT2D eigenvalue weighted by Crippen LogP contribution is -1.84. The predicted octanol–water partition coefficient (Wildman–Crippen LogP) is 4.10. The van der Waals surface area contributed by atoms with E-state index in [1.54, 1.807) is 0 Å². The molecular formula is C12H15Br. The number of rotatable bonds is 3. The molecule has 0 fully saturated rings. The lowest BCUT2D eigenvalue weighted by molar-refractivity contribution is 1.26. The first kappa shape index (κ1) is 10.5. The van der Waals surface area contributed by atoms with E-state index in [1.165, 1.54) is 16.7 Å². The topological polar surface area (TPSA) is 0 Å². The van der Waals surface area contributed by atoms with Crippen molar-refractivity contribution in [1.29, 1.82) is 0 Å². The molecule has 0 aliphatic rings. The number of allylic oxidation sites excluding steroid dienone is 1. The van der Waals surface area contributed by atoms with Crippen molar-refractivity contribution < 1.29 is 0 Å². The molecular weight excluding hydrogens is 224 g/mol. The Balaban J connectivity index is 2.87. The molecule has 0 atom stereocenters. The van der Waals surface area contributed by atoms with E-state index < -0.39 is 0 Å². The summed E-state index contributed by atoms with van der Waals surface area (Å²) in [4.78, 5) is 0. The van der Waals surface area contributed by atoms with Crippen LogP contribution in [0.15, 0.2) is 24.3 Å². The van der Waals surface area contributed by atoms with Crippen LogP contribution in [0.4, 0.5) is 0 Å². The molecule has 13 heavy (non-hydrogen) atoms. The van der Waals surface area contributed by atoms with Gasteiger partial charge in [-0.1, -0.05) is 46.3 Å². The van der Waals surface area contributed by atoms with Gasteiger partial charge in [-0.15, -0.1) is 0 Å². The second kappa shape index (κ2) is 5.23. The average molecular weight is 239 g/mol. The van der Waals surface area contributed by atoms with Crippen LogP contribution in [0.25, 0.3) is 6.08 Å². The van der Waals surface area contributed by atoms with Crippen LogP contribution in [0.5, 0.6) is 0 Å². The summed E-state index contributed by atoms with van der Waals surface area (Å²) in [7, 11) is 0. The molecule has 0 bridgehead atoms. The zero-order chi connectivity index (χ0) is 9.68. The molecule has 0 aromatic heterocycles. The van der Waals surface area contributed by atoms with Crippen LogP contribution < -0.4 is 0 Å². The highest BCUT2D eigenvalue weighted by Crippen LogP contribution is 2.15. The smallest absolute Gasteiger partial charge is 0.00660 e. The van der Waals surface area contributed by atoms with Gasteiger partial charge in [0, 0.05) is 5.33 Å². The van der Waals surface area contributed by atoms with E-state index in [-0.39, 0.29) is 0 Å². The molecule has 0 heterocycles. The molecule has 0 spiro atoms. The van der Waals surface area contributed by atoms with Crippen LogP contribution in [0.1, 0.15) is 23.1 Å². The molecule has 0 radical (unpaired) electrons. The minimum absolute atomic E-state index is 1.04. The lowest BCUT2D eigenvalue weighted by atomic mass is 10.0. The van der Waals surface area contributed by atoms with Gasteiger partial charge in [0.2, 0.25) is 0 Å². The van der Waals surface area contributed by atoms with Crippen LogP contribution in [-0.4, -0.2) is 5.33 Å². The van der Waals surface area contributed by atoms with Crippen molar-refractivity contribution in [1.82, 2.24) is 0 Å². The number of hydrogen-bond acceptors (Lipinski definition) is 0. The fourth-order valence-corrected chi connectivity index (χ4v) is 1.62. The molecule has 0 unspecified atom stereocenters. The van der Waals surface area contributed by atoms with Crippen molar-refractivity contribution >= 4 is 22.0 Å². The molecule has 0 aliphatic carbocycles. The molecule has 0 saturated carbocycles. The quantitative estimate of drug-likeness (QED) is 0.696. The van der Waals surface area contributed by atoms with Crippen LogP contribution in [0.2, 0.25) is 0 Å². The minimum Gasteiger partial charge on any atom is -0.0925 e. The maximum atomic E-state index is 3.41. The highest BCUT2D eigenvalue weighted by Gasteiger charge is 1.95. The Bertz CT molecular complexity index is 280. The van der Waals surface area contributed by atoms with Gasteiger partial charge in [-0.25, -0.2) is 0 Å². The van der Waals surface area contributed by atoms with Gasteiger partial charge in [0.05, 0.1) is 0 Å². The molecule has 0 nitrogen and oxygen atoms in total. The number of benzene rings is 1. The number of alkyl halides is 1. The molecule has 1 aromatic carbocycles. The van der Waals surface area contributed by atoms with E-state index in [9.17, 15) is 0 Å². The molecule has 0 N–H and O–H groups in total. The van der Waals surface area contributed by atoms with Crippen molar-refractivity contribution in [2.75, 3.05) is 5.33 Å². The van der Waals surface area contributed by atoms with Crippen LogP contribution in [0.3, 0.4) is 0 Å². The van der Waals surface area contributed by atoms with Crippen molar-refractivity contribution in [3.8, 4) is 0 Å². The summed E-state index contributed by atoms with van der Waals surface area (Å²) in [6.07, 6.45) is 5.52. The molecule has 0 saturated heterocycles. The third-order valence-corrected chi connectivity index (χ3v) is 2.56. The SMILES string of the molecule is Cc1cccc(C)c1C=CCCBr. The van der Waals surface area contributed by atoms with Gasteiger partial charge in [-0.2, -0.15) is 0 Å². The summed E-state index contributed by atoms with van der Waals surface area (Å²) in [6, 6.07) is 6.41. The molecule has 1 aromatic rings. The van der Waals surface area contributed by atoms with Gasteiger partial charge in [0.1, 0.15) is 0 Å². The first-order chi connectivity index (χ1) is 6.25. The highest BCUT2D eigenvalue weighted by molar-refractivity contribution is 9.09. The Morgan fingerprint density at radius 2 is 1.85 bits per heavy atom. The van der Waals surface area contributed by atoms with E-state index in [2.05, 4.69) is 60.1 Å². The second-order valence-electron chi connectivity index (χ2n) is 3.19. The maximum absolute atomic E-state index is 3.41. The van der Waals surface area contributed by atoms with Gasteiger partial charge in [0.25, 0.3) is 0 Å². The second-order valence-corrected chi connectivity index (χ2v) is 3.98. The van der Waals surface area contributed by atoms with Crippen LogP contribution >= 0.6 is 15.9 Å². The van der Waals surface area contributed by atoms with E-state index in [4.69, 9.17) is 0 Å². The fourth-order valence-electron chi connectivity index (χ4n) is 1.35. The first-order valence-corrected chi connectivity index (χ1v) is 5.66. The summed E-state index contributed by atoms with van der Waals surface area (Å²) < 4.78 is 0. The third kappa shape index (κ3) is 3.00. The number of aryl methyl sites for hydroxylation is 2. The van der Waals surface area contributed by atoms with Gasteiger partial charge < -0.3 is 0 Å². The van der Waals surface area contributed by atoms with E-state index in [0.29, 0.717) is 0 Å². The van der Waals surface area contributed by atoms with Gasteiger partial charge in [0.15, 0.2) is 0 Å². The fraction of sp³-hybridized carbons (Fsp3) is 0.333. The van der Waals surface area contributed by atoms with Crippen molar-refractivity contribution in [2.24, 2.45) is 0 Å². The molecule has 70 valence electrons. The van der Waals surface area contributed by atoms with Crippen molar-refractivity contribution in [3.05, 3.63) is 41.0 Å². The molecule has 0 aliphatic heterocycles. The standard InChI is InChI=1S/C12H15Br/c1-10-6-5-7-11(2)12(10)8-3-4-9-13/h3,5-8H,4,9H2,1-2H3. The predicted molar refractivity (Wildman–Crippen MR) is 63.4 cm³/mol. The monoisotopic (exact) mass is 238 g/mol. The summed E-state index contributed by atoms with van der Waals surface area (Å²) in [5, 5.41) is 1.04. The Kier molecular flexibility index (Phi) is 4.23. The summed E-state index contributed by atoms with van der Waals surface area (Å²) >= 11 is 3.41. The highest BCUT2D eigenvalue weighted by atomic mass is 79.9. The van der Waals surface area contributed by atoms with E-state index in [1.807, 2.05) is 0 Å². The first-order valence-electron chi connectivity index (χ1n) is 4.54. The lowest BCUT2D eigenvalue weighted by Gasteiger charge is -2.03. The average Bonchev–Trinajstić information content (AvgIpc) is 2.10. The Hall–Kier alpha value is -0.560. The molecule has 1 heteroatoms. The Labute approximate surface area is 88.8 Å². The van der Waals surface area contributed by atoms with Crippen molar-refractivity contribution in [3.63, 3.8) is 0 Å². The van der Waals surface area contributed by atoms with E-state index >= 15 is 0 Å². The Morgan fingerprint density at radius 1 is 1.23 bits per heavy atom. The normalized spacial score (nSPS) is 11.0. The van der Waals surface area contributed by atoms with E-state index in [0.717, 1.165) is 11.8 Å². The summed E-state index contributed by atoms with van der Waals surface area (Å²) in [6.45, 7) is 4.31. The van der Waals surface area contributed by atoms with Crippen molar-refractivity contribution in [2.45, 2.75) is 20.3 Å². The van der Waals surface area contributed by atoms with Gasteiger partial charge in [-0.3, -0.25) is 0 Å². The van der Waals surface area contributed by atoms with Crippen LogP contribution in [0, 0.1) is 13.8 Å². The maximum Gasteiger partial charge on any atom is 0.00660 e. The van der Waals surface area contributed by atoms with Gasteiger partial charge >= 0.3 is 0 Å². The zero-order valence-corrected chi connectivity index (χ0v) is 9.76. The minimum atomic E-state index is 1.04. The Morgan fingerprint density at radius 3 is 2.38 bits per heavy atom. The summed E-state index contributed by atoms with van der Waals surface area (Å²) in [5.41, 5.74) is 4.07.